The van der Waals surface area contributed by atoms with Crippen molar-refractivity contribution < 1.29 is 9.47 Å². The summed E-state index contributed by atoms with van der Waals surface area (Å²) in [7, 11) is 1.68. The fourth-order valence-electron chi connectivity index (χ4n) is 3.46. The Labute approximate surface area is 153 Å². The van der Waals surface area contributed by atoms with E-state index in [4.69, 9.17) is 14.5 Å². The molecule has 0 bridgehead atoms. The maximum absolute atomic E-state index is 5.99. The molecule has 0 amide bonds. The number of fused-ring (bicyclic) bond motifs is 1. The van der Waals surface area contributed by atoms with Crippen LogP contribution in [0.5, 0.6) is 11.5 Å². The van der Waals surface area contributed by atoms with Crippen LogP contribution in [0, 0.1) is 0 Å². The lowest BCUT2D eigenvalue weighted by molar-refractivity contribution is 0.318. The van der Waals surface area contributed by atoms with Gasteiger partial charge >= 0.3 is 0 Å². The fourth-order valence-corrected chi connectivity index (χ4v) is 3.46. The summed E-state index contributed by atoms with van der Waals surface area (Å²) in [4.78, 5) is 10.6. The Hall–Kier alpha value is -2.69. The van der Waals surface area contributed by atoms with Crippen LogP contribution in [-0.4, -0.2) is 36.8 Å². The molecule has 2 aromatic carbocycles. The molecule has 4 rings (SSSR count). The number of hydrogen-bond donors (Lipinski definition) is 1. The van der Waals surface area contributed by atoms with Crippen molar-refractivity contribution in [2.45, 2.75) is 26.2 Å². The van der Waals surface area contributed by atoms with Crippen molar-refractivity contribution in [2.75, 3.05) is 31.7 Å². The first-order valence-electron chi connectivity index (χ1n) is 9.34. The lowest BCUT2D eigenvalue weighted by Crippen LogP contribution is -2.18. The van der Waals surface area contributed by atoms with E-state index in [1.807, 2.05) is 18.2 Å². The molecule has 1 fully saturated rings. The maximum Gasteiger partial charge on any atom is 0.142 e. The van der Waals surface area contributed by atoms with E-state index in [1.54, 1.807) is 7.11 Å². The standard InChI is InChI=1S/C21H25N3O2/c1-3-12-26-20-9-6-15(13-19(20)24-10-4-5-11-24)21-22-17-8-7-16(25-2)14-18(17)23-21/h6-9,13-14H,3-5,10-12H2,1-2H3,(H,22,23). The Morgan fingerprint density at radius 2 is 1.96 bits per heavy atom. The minimum Gasteiger partial charge on any atom is -0.497 e. The molecular weight excluding hydrogens is 326 g/mol. The van der Waals surface area contributed by atoms with E-state index in [9.17, 15) is 0 Å². The summed E-state index contributed by atoms with van der Waals surface area (Å²) in [5.41, 5.74) is 4.17. The van der Waals surface area contributed by atoms with Crippen LogP contribution in [0.15, 0.2) is 36.4 Å². The first-order chi connectivity index (χ1) is 12.8. The highest BCUT2D eigenvalue weighted by Gasteiger charge is 2.18. The van der Waals surface area contributed by atoms with Crippen LogP contribution in [0.3, 0.4) is 0 Å². The second-order valence-electron chi connectivity index (χ2n) is 6.69. The van der Waals surface area contributed by atoms with Gasteiger partial charge in [-0.15, -0.1) is 0 Å². The first kappa shape index (κ1) is 16.8. The van der Waals surface area contributed by atoms with Gasteiger partial charge in [-0.05, 0) is 49.6 Å². The van der Waals surface area contributed by atoms with Crippen LogP contribution in [-0.2, 0) is 0 Å². The number of H-pyrrole nitrogens is 1. The zero-order valence-electron chi connectivity index (χ0n) is 15.4. The Morgan fingerprint density at radius 1 is 1.12 bits per heavy atom. The van der Waals surface area contributed by atoms with Crippen molar-refractivity contribution in [3.8, 4) is 22.9 Å². The summed E-state index contributed by atoms with van der Waals surface area (Å²) in [6.07, 6.45) is 3.48. The predicted molar refractivity (Wildman–Crippen MR) is 105 cm³/mol. The number of benzene rings is 2. The van der Waals surface area contributed by atoms with Gasteiger partial charge in [-0.3, -0.25) is 0 Å². The predicted octanol–water partition coefficient (Wildman–Crippen LogP) is 4.63. The molecule has 0 saturated carbocycles. The van der Waals surface area contributed by atoms with E-state index in [0.29, 0.717) is 0 Å². The highest BCUT2D eigenvalue weighted by Crippen LogP contribution is 2.35. The van der Waals surface area contributed by atoms with Gasteiger partial charge in [0.05, 0.1) is 30.4 Å². The van der Waals surface area contributed by atoms with Gasteiger partial charge in [0.2, 0.25) is 0 Å². The summed E-state index contributed by atoms with van der Waals surface area (Å²) >= 11 is 0. The monoisotopic (exact) mass is 351 g/mol. The molecule has 0 aliphatic carbocycles. The molecule has 26 heavy (non-hydrogen) atoms. The minimum atomic E-state index is 0.741. The van der Waals surface area contributed by atoms with E-state index in [1.165, 1.54) is 18.5 Å². The molecule has 1 saturated heterocycles. The lowest BCUT2D eigenvalue weighted by Gasteiger charge is -2.22. The van der Waals surface area contributed by atoms with Crippen LogP contribution in [0.1, 0.15) is 26.2 Å². The van der Waals surface area contributed by atoms with E-state index in [-0.39, 0.29) is 0 Å². The molecule has 3 aromatic rings. The van der Waals surface area contributed by atoms with E-state index in [2.05, 4.69) is 35.0 Å². The third kappa shape index (κ3) is 3.21. The average molecular weight is 351 g/mol. The molecule has 2 heterocycles. The number of ether oxygens (including phenoxy) is 2. The smallest absolute Gasteiger partial charge is 0.142 e. The van der Waals surface area contributed by atoms with E-state index in [0.717, 1.165) is 60.0 Å². The lowest BCUT2D eigenvalue weighted by atomic mass is 10.1. The van der Waals surface area contributed by atoms with Crippen molar-refractivity contribution in [3.63, 3.8) is 0 Å². The zero-order chi connectivity index (χ0) is 17.9. The van der Waals surface area contributed by atoms with Crippen molar-refractivity contribution in [1.82, 2.24) is 9.97 Å². The Bertz CT molecular complexity index is 897. The number of methoxy groups -OCH3 is 1. The van der Waals surface area contributed by atoms with Gasteiger partial charge in [0, 0.05) is 24.7 Å². The van der Waals surface area contributed by atoms with Crippen molar-refractivity contribution in [3.05, 3.63) is 36.4 Å². The summed E-state index contributed by atoms with van der Waals surface area (Å²) in [5, 5.41) is 0. The highest BCUT2D eigenvalue weighted by atomic mass is 16.5. The van der Waals surface area contributed by atoms with Crippen molar-refractivity contribution in [2.24, 2.45) is 0 Å². The topological polar surface area (TPSA) is 50.4 Å². The minimum absolute atomic E-state index is 0.741. The number of rotatable bonds is 6. The molecule has 5 nitrogen and oxygen atoms in total. The molecule has 0 atom stereocenters. The molecule has 5 heteroatoms. The largest absolute Gasteiger partial charge is 0.497 e. The molecule has 0 unspecified atom stereocenters. The normalized spacial score (nSPS) is 14.2. The Balaban J connectivity index is 1.72. The summed E-state index contributed by atoms with van der Waals surface area (Å²) in [6, 6.07) is 12.3. The van der Waals surface area contributed by atoms with Gasteiger partial charge in [-0.25, -0.2) is 4.98 Å². The average Bonchev–Trinajstić information content (AvgIpc) is 3.35. The molecule has 136 valence electrons. The maximum atomic E-state index is 5.99. The van der Waals surface area contributed by atoms with Crippen molar-refractivity contribution >= 4 is 16.7 Å². The van der Waals surface area contributed by atoms with E-state index >= 15 is 0 Å². The second kappa shape index (κ2) is 7.28. The number of nitrogens with zero attached hydrogens (tertiary/aromatic N) is 2. The molecule has 1 aliphatic heterocycles. The highest BCUT2D eigenvalue weighted by molar-refractivity contribution is 5.81. The third-order valence-corrected chi connectivity index (χ3v) is 4.83. The summed E-state index contributed by atoms with van der Waals surface area (Å²) < 4.78 is 11.3. The number of imidazole rings is 1. The Morgan fingerprint density at radius 3 is 2.73 bits per heavy atom. The SMILES string of the molecule is CCCOc1ccc(-c2nc3ccc(OC)cc3[nH]2)cc1N1CCCC1. The fraction of sp³-hybridized carbons (Fsp3) is 0.381. The number of anilines is 1. The Kier molecular flexibility index (Phi) is 4.69. The van der Waals surface area contributed by atoms with Crippen LogP contribution in [0.4, 0.5) is 5.69 Å². The number of aromatic amines is 1. The molecular formula is C21H25N3O2. The third-order valence-electron chi connectivity index (χ3n) is 4.83. The van der Waals surface area contributed by atoms with Gasteiger partial charge in [-0.1, -0.05) is 6.92 Å². The number of aromatic nitrogens is 2. The summed E-state index contributed by atoms with van der Waals surface area (Å²) in [6.45, 7) is 5.05. The second-order valence-corrected chi connectivity index (χ2v) is 6.69. The van der Waals surface area contributed by atoms with Crippen LogP contribution in [0.2, 0.25) is 0 Å². The van der Waals surface area contributed by atoms with E-state index < -0.39 is 0 Å². The van der Waals surface area contributed by atoms with Gasteiger partial charge in [0.25, 0.3) is 0 Å². The zero-order valence-corrected chi connectivity index (χ0v) is 15.4. The quantitative estimate of drug-likeness (QED) is 0.703. The van der Waals surface area contributed by atoms with Gasteiger partial charge in [0.15, 0.2) is 0 Å². The van der Waals surface area contributed by atoms with Crippen LogP contribution < -0.4 is 14.4 Å². The van der Waals surface area contributed by atoms with Gasteiger partial charge in [0.1, 0.15) is 17.3 Å². The molecule has 1 aliphatic rings. The molecule has 0 spiro atoms. The number of hydrogen-bond acceptors (Lipinski definition) is 4. The van der Waals surface area contributed by atoms with Gasteiger partial charge < -0.3 is 19.4 Å². The molecule has 1 N–H and O–H groups in total. The number of nitrogens with one attached hydrogen (secondary N) is 1. The molecule has 0 radical (unpaired) electrons. The van der Waals surface area contributed by atoms with Crippen LogP contribution in [0.25, 0.3) is 22.4 Å². The van der Waals surface area contributed by atoms with Crippen molar-refractivity contribution in [1.29, 1.82) is 0 Å². The first-order valence-corrected chi connectivity index (χ1v) is 9.34. The van der Waals surface area contributed by atoms with Gasteiger partial charge in [-0.2, -0.15) is 0 Å². The van der Waals surface area contributed by atoms with Crippen LogP contribution >= 0.6 is 0 Å². The summed E-state index contributed by atoms with van der Waals surface area (Å²) in [5.74, 6) is 2.67. The molecule has 1 aromatic heterocycles.